The van der Waals surface area contributed by atoms with Gasteiger partial charge in [0.05, 0.1) is 4.70 Å². The highest BCUT2D eigenvalue weighted by Gasteiger charge is 2.15. The number of aromatic hydroxyl groups is 1. The second-order valence-corrected chi connectivity index (χ2v) is 3.61. The molecule has 3 nitrogen and oxygen atoms in total. The van der Waals surface area contributed by atoms with Gasteiger partial charge in [0.25, 0.3) is 0 Å². The number of phenols is 1. The lowest BCUT2D eigenvalue weighted by molar-refractivity contribution is 0.0694. The number of aromatic carboxylic acids is 1. The summed E-state index contributed by atoms with van der Waals surface area (Å²) in [5.41, 5.74) is -0.209. The molecule has 0 spiro atoms. The summed E-state index contributed by atoms with van der Waals surface area (Å²) in [5, 5.41) is 19.7. The molecule has 2 rings (SSSR count). The van der Waals surface area contributed by atoms with Crippen LogP contribution in [0.15, 0.2) is 17.5 Å². The van der Waals surface area contributed by atoms with E-state index in [0.717, 1.165) is 11.3 Å². The third-order valence-electron chi connectivity index (χ3n) is 1.90. The Hall–Kier alpha value is -1.62. The molecule has 0 fully saturated rings. The Kier molecular flexibility index (Phi) is 1.89. The topological polar surface area (TPSA) is 57.5 Å². The molecule has 2 aromatic rings. The number of thiophene rings is 1. The first-order valence-electron chi connectivity index (χ1n) is 3.73. The van der Waals surface area contributed by atoms with Gasteiger partial charge < -0.3 is 10.2 Å². The lowest BCUT2D eigenvalue weighted by Crippen LogP contribution is -1.95. The van der Waals surface area contributed by atoms with Crippen LogP contribution in [0.1, 0.15) is 10.4 Å². The average molecular weight is 212 g/mol. The van der Waals surface area contributed by atoms with Crippen LogP contribution in [0.5, 0.6) is 5.75 Å². The summed E-state index contributed by atoms with van der Waals surface area (Å²) in [4.78, 5) is 10.6. The van der Waals surface area contributed by atoms with Crippen LogP contribution >= 0.6 is 11.3 Å². The number of carboxylic acid groups (broad SMARTS) is 1. The monoisotopic (exact) mass is 212 g/mol. The summed E-state index contributed by atoms with van der Waals surface area (Å²) in [7, 11) is 0. The van der Waals surface area contributed by atoms with E-state index in [2.05, 4.69) is 0 Å². The van der Waals surface area contributed by atoms with Gasteiger partial charge in [0.1, 0.15) is 17.1 Å². The second-order valence-electron chi connectivity index (χ2n) is 2.73. The molecule has 0 aliphatic rings. The Morgan fingerprint density at radius 2 is 2.14 bits per heavy atom. The summed E-state index contributed by atoms with van der Waals surface area (Å²) in [6.45, 7) is 0. The van der Waals surface area contributed by atoms with Gasteiger partial charge in [-0.2, -0.15) is 0 Å². The second kappa shape index (κ2) is 2.95. The third kappa shape index (κ3) is 1.13. The van der Waals surface area contributed by atoms with E-state index in [-0.39, 0.29) is 21.4 Å². The Bertz CT molecular complexity index is 518. The minimum absolute atomic E-state index is 0.209. The van der Waals surface area contributed by atoms with Crippen molar-refractivity contribution in [3.8, 4) is 5.75 Å². The normalized spacial score (nSPS) is 10.6. The summed E-state index contributed by atoms with van der Waals surface area (Å²) < 4.78 is 13.3. The van der Waals surface area contributed by atoms with Crippen LogP contribution in [-0.4, -0.2) is 16.2 Å². The molecular weight excluding hydrogens is 207 g/mol. The minimum Gasteiger partial charge on any atom is -0.506 e. The molecule has 1 heterocycles. The van der Waals surface area contributed by atoms with Gasteiger partial charge >= 0.3 is 5.97 Å². The third-order valence-corrected chi connectivity index (χ3v) is 2.87. The van der Waals surface area contributed by atoms with Gasteiger partial charge in [0.15, 0.2) is 0 Å². The molecular formula is C9H5FO3S. The number of fused-ring (bicyclic) bond motifs is 1. The van der Waals surface area contributed by atoms with Gasteiger partial charge in [-0.3, -0.25) is 0 Å². The fraction of sp³-hybridized carbons (Fsp3) is 0. The maximum absolute atomic E-state index is 13.0. The lowest BCUT2D eigenvalue weighted by Gasteiger charge is -1.99. The number of carboxylic acids is 1. The fourth-order valence-electron chi connectivity index (χ4n) is 1.23. The van der Waals surface area contributed by atoms with Crippen LogP contribution in [0.4, 0.5) is 4.39 Å². The molecule has 0 saturated heterocycles. The molecule has 0 atom stereocenters. The SMILES string of the molecule is O=C(O)c1ccc2c(F)csc2c1O. The highest BCUT2D eigenvalue weighted by molar-refractivity contribution is 7.17. The quantitative estimate of drug-likeness (QED) is 0.763. The van der Waals surface area contributed by atoms with Crippen molar-refractivity contribution >= 4 is 27.4 Å². The predicted octanol–water partition coefficient (Wildman–Crippen LogP) is 2.44. The van der Waals surface area contributed by atoms with Crippen molar-refractivity contribution in [1.82, 2.24) is 0 Å². The first-order chi connectivity index (χ1) is 6.61. The maximum Gasteiger partial charge on any atom is 0.339 e. The van der Waals surface area contributed by atoms with Crippen molar-refractivity contribution in [2.75, 3.05) is 0 Å². The molecule has 0 unspecified atom stereocenters. The van der Waals surface area contributed by atoms with E-state index in [9.17, 15) is 14.3 Å². The van der Waals surface area contributed by atoms with Gasteiger partial charge in [-0.1, -0.05) is 0 Å². The summed E-state index contributed by atoms with van der Waals surface area (Å²) >= 11 is 0.984. The molecule has 72 valence electrons. The van der Waals surface area contributed by atoms with E-state index in [1.54, 1.807) is 0 Å². The Morgan fingerprint density at radius 3 is 2.79 bits per heavy atom. The number of halogens is 1. The Morgan fingerprint density at radius 1 is 1.43 bits per heavy atom. The van der Waals surface area contributed by atoms with Gasteiger partial charge in [-0.05, 0) is 12.1 Å². The maximum atomic E-state index is 13.0. The van der Waals surface area contributed by atoms with Crippen molar-refractivity contribution < 1.29 is 19.4 Å². The van der Waals surface area contributed by atoms with Crippen molar-refractivity contribution in [2.24, 2.45) is 0 Å². The predicted molar refractivity (Wildman–Crippen MR) is 50.4 cm³/mol. The molecule has 2 N–H and O–H groups in total. The zero-order valence-electron chi connectivity index (χ0n) is 6.82. The number of carbonyl (C=O) groups is 1. The van der Waals surface area contributed by atoms with Crippen molar-refractivity contribution in [3.63, 3.8) is 0 Å². The van der Waals surface area contributed by atoms with E-state index in [4.69, 9.17) is 5.11 Å². The van der Waals surface area contributed by atoms with E-state index < -0.39 is 11.8 Å². The van der Waals surface area contributed by atoms with E-state index in [0.29, 0.717) is 0 Å². The number of hydrogen-bond acceptors (Lipinski definition) is 3. The molecule has 0 saturated carbocycles. The summed E-state index contributed by atoms with van der Waals surface area (Å²) in [6, 6.07) is 2.54. The standard InChI is InChI=1S/C9H5FO3S/c10-6-3-14-8-4(6)1-2-5(7(8)11)9(12)13/h1-3,11H,(H,12,13). The molecule has 0 radical (unpaired) electrons. The van der Waals surface area contributed by atoms with E-state index in [1.807, 2.05) is 0 Å². The molecule has 0 amide bonds. The smallest absolute Gasteiger partial charge is 0.339 e. The van der Waals surface area contributed by atoms with Crippen LogP contribution in [0.3, 0.4) is 0 Å². The Balaban J connectivity index is 2.82. The zero-order valence-corrected chi connectivity index (χ0v) is 7.64. The molecule has 0 bridgehead atoms. The largest absolute Gasteiger partial charge is 0.506 e. The zero-order chi connectivity index (χ0) is 10.3. The average Bonchev–Trinajstić information content (AvgIpc) is 2.49. The molecule has 0 aliphatic carbocycles. The number of rotatable bonds is 1. The van der Waals surface area contributed by atoms with Crippen LogP contribution < -0.4 is 0 Å². The van der Waals surface area contributed by atoms with E-state index >= 15 is 0 Å². The van der Waals surface area contributed by atoms with Crippen molar-refractivity contribution in [1.29, 1.82) is 0 Å². The molecule has 5 heteroatoms. The first kappa shape index (κ1) is 8.96. The summed E-state index contributed by atoms with van der Waals surface area (Å²) in [6.07, 6.45) is 0. The number of benzene rings is 1. The molecule has 1 aromatic carbocycles. The fourth-order valence-corrected chi connectivity index (χ4v) is 2.09. The van der Waals surface area contributed by atoms with Crippen molar-refractivity contribution in [2.45, 2.75) is 0 Å². The minimum atomic E-state index is -1.22. The van der Waals surface area contributed by atoms with E-state index in [1.165, 1.54) is 17.5 Å². The molecule has 1 aromatic heterocycles. The van der Waals surface area contributed by atoms with Gasteiger partial charge in [0.2, 0.25) is 0 Å². The first-order valence-corrected chi connectivity index (χ1v) is 4.61. The van der Waals surface area contributed by atoms with Gasteiger partial charge in [0, 0.05) is 10.8 Å². The molecule has 14 heavy (non-hydrogen) atoms. The van der Waals surface area contributed by atoms with Crippen LogP contribution in [-0.2, 0) is 0 Å². The van der Waals surface area contributed by atoms with Crippen LogP contribution in [0.2, 0.25) is 0 Å². The summed E-state index contributed by atoms with van der Waals surface area (Å²) in [5.74, 6) is -2.04. The van der Waals surface area contributed by atoms with Gasteiger partial charge in [-0.25, -0.2) is 9.18 Å². The van der Waals surface area contributed by atoms with Crippen molar-refractivity contribution in [3.05, 3.63) is 28.9 Å². The molecule has 0 aliphatic heterocycles. The highest BCUT2D eigenvalue weighted by Crippen LogP contribution is 2.34. The van der Waals surface area contributed by atoms with Crippen LogP contribution in [0, 0.1) is 5.82 Å². The Labute approximate surface area is 82.0 Å². The highest BCUT2D eigenvalue weighted by atomic mass is 32.1. The van der Waals surface area contributed by atoms with Crippen LogP contribution in [0.25, 0.3) is 10.1 Å². The number of hydrogen-bond donors (Lipinski definition) is 2. The van der Waals surface area contributed by atoms with Gasteiger partial charge in [-0.15, -0.1) is 11.3 Å². The lowest BCUT2D eigenvalue weighted by atomic mass is 10.1.